The molecule has 0 aromatic heterocycles. The summed E-state index contributed by atoms with van der Waals surface area (Å²) in [7, 11) is -1.35. The Morgan fingerprint density at radius 3 is 2.75 bits per heavy atom. The zero-order chi connectivity index (χ0) is 8.97. The topological polar surface area (TPSA) is 64.2 Å². The maximum absolute atomic E-state index is 8.64. The summed E-state index contributed by atoms with van der Waals surface area (Å²) in [6.07, 6.45) is 0.162. The van der Waals surface area contributed by atoms with Gasteiger partial charge in [0.15, 0.2) is 0 Å². The lowest BCUT2D eigenvalue weighted by molar-refractivity contribution is 0.405. The third kappa shape index (κ3) is 2.38. The van der Waals surface area contributed by atoms with Gasteiger partial charge in [0.05, 0.1) is 11.6 Å². The van der Waals surface area contributed by atoms with Gasteiger partial charge in [0.2, 0.25) is 0 Å². The fraction of sp³-hybridized carbons (Fsp3) is 0.125. The number of nitriles is 1. The van der Waals surface area contributed by atoms with Crippen LogP contribution in [0.3, 0.4) is 0 Å². The van der Waals surface area contributed by atoms with Gasteiger partial charge in [-0.25, -0.2) is 0 Å². The fourth-order valence-corrected chi connectivity index (χ4v) is 0.979. The van der Waals surface area contributed by atoms with Crippen LogP contribution in [0.5, 0.6) is 0 Å². The van der Waals surface area contributed by atoms with Crippen LogP contribution in [0.2, 0.25) is 0 Å². The summed E-state index contributed by atoms with van der Waals surface area (Å²) in [6.45, 7) is 0. The van der Waals surface area contributed by atoms with E-state index in [-0.39, 0.29) is 6.32 Å². The number of benzene rings is 1. The molecule has 0 bridgehead atoms. The van der Waals surface area contributed by atoms with Crippen LogP contribution in [0, 0.1) is 11.3 Å². The highest BCUT2D eigenvalue weighted by Gasteiger charge is 2.07. The molecule has 0 aliphatic carbocycles. The molecular weight excluding hydrogens is 153 g/mol. The Morgan fingerprint density at radius 1 is 1.42 bits per heavy atom. The van der Waals surface area contributed by atoms with Gasteiger partial charge in [0.25, 0.3) is 0 Å². The molecule has 0 aliphatic heterocycles. The van der Waals surface area contributed by atoms with E-state index in [2.05, 4.69) is 0 Å². The fourth-order valence-electron chi connectivity index (χ4n) is 0.979. The molecule has 0 aliphatic rings. The van der Waals surface area contributed by atoms with Gasteiger partial charge in [0, 0.05) is 6.32 Å². The predicted molar refractivity (Wildman–Crippen MR) is 45.1 cm³/mol. The van der Waals surface area contributed by atoms with E-state index in [1.54, 1.807) is 24.3 Å². The van der Waals surface area contributed by atoms with E-state index in [1.807, 2.05) is 6.07 Å². The van der Waals surface area contributed by atoms with Gasteiger partial charge in [-0.2, -0.15) is 5.26 Å². The molecule has 4 heteroatoms. The third-order valence-electron chi connectivity index (χ3n) is 1.47. The van der Waals surface area contributed by atoms with E-state index in [0.29, 0.717) is 5.56 Å². The van der Waals surface area contributed by atoms with Gasteiger partial charge in [-0.3, -0.25) is 0 Å². The van der Waals surface area contributed by atoms with Crippen molar-refractivity contribution in [3.05, 3.63) is 35.4 Å². The van der Waals surface area contributed by atoms with Gasteiger partial charge in [-0.1, -0.05) is 12.1 Å². The summed E-state index contributed by atoms with van der Waals surface area (Å²) >= 11 is 0. The molecule has 1 rings (SSSR count). The van der Waals surface area contributed by atoms with Crippen LogP contribution in [0.25, 0.3) is 0 Å². The second kappa shape index (κ2) is 3.91. The summed E-state index contributed by atoms with van der Waals surface area (Å²) < 4.78 is 0. The molecule has 12 heavy (non-hydrogen) atoms. The monoisotopic (exact) mass is 161 g/mol. The second-order valence-corrected chi connectivity index (χ2v) is 2.50. The lowest BCUT2D eigenvalue weighted by Crippen LogP contribution is -2.15. The molecule has 0 amide bonds. The first-order valence-corrected chi connectivity index (χ1v) is 3.57. The molecule has 60 valence electrons. The Hall–Kier alpha value is -1.31. The average molecular weight is 161 g/mol. The zero-order valence-electron chi connectivity index (χ0n) is 6.44. The van der Waals surface area contributed by atoms with E-state index >= 15 is 0 Å². The van der Waals surface area contributed by atoms with Gasteiger partial charge in [-0.15, -0.1) is 0 Å². The molecule has 0 radical (unpaired) electrons. The minimum atomic E-state index is -1.35. The van der Waals surface area contributed by atoms with E-state index in [9.17, 15) is 0 Å². The highest BCUT2D eigenvalue weighted by atomic mass is 16.4. The van der Waals surface area contributed by atoms with Crippen LogP contribution in [0.1, 0.15) is 11.1 Å². The Morgan fingerprint density at radius 2 is 2.17 bits per heavy atom. The van der Waals surface area contributed by atoms with Crippen molar-refractivity contribution in [2.24, 2.45) is 0 Å². The molecule has 0 fully saturated rings. The highest BCUT2D eigenvalue weighted by Crippen LogP contribution is 2.04. The van der Waals surface area contributed by atoms with Crippen molar-refractivity contribution in [1.29, 1.82) is 5.26 Å². The summed E-state index contributed by atoms with van der Waals surface area (Å²) in [5.41, 5.74) is 1.29. The smallest absolute Gasteiger partial charge is 0.427 e. The first kappa shape index (κ1) is 8.79. The molecule has 0 saturated carbocycles. The van der Waals surface area contributed by atoms with Crippen molar-refractivity contribution in [2.45, 2.75) is 6.32 Å². The second-order valence-electron chi connectivity index (χ2n) is 2.50. The van der Waals surface area contributed by atoms with Crippen LogP contribution in [-0.2, 0) is 6.32 Å². The molecule has 0 saturated heterocycles. The minimum Gasteiger partial charge on any atom is -0.427 e. The Balaban J connectivity index is 2.81. The number of nitrogens with zero attached hydrogens (tertiary/aromatic N) is 1. The molecule has 3 nitrogen and oxygen atoms in total. The molecule has 0 unspecified atom stereocenters. The molecule has 0 spiro atoms. The summed E-state index contributed by atoms with van der Waals surface area (Å²) in [5, 5.41) is 25.8. The van der Waals surface area contributed by atoms with Crippen molar-refractivity contribution in [3.63, 3.8) is 0 Å². The normalized spacial score (nSPS) is 9.08. The Labute approximate surface area is 71.0 Å². The van der Waals surface area contributed by atoms with Crippen molar-refractivity contribution in [2.75, 3.05) is 0 Å². The summed E-state index contributed by atoms with van der Waals surface area (Å²) in [4.78, 5) is 0. The van der Waals surface area contributed by atoms with E-state index in [4.69, 9.17) is 15.3 Å². The molecule has 2 N–H and O–H groups in total. The SMILES string of the molecule is N#Cc1cccc(CB(O)O)c1. The number of hydrogen-bond donors (Lipinski definition) is 2. The van der Waals surface area contributed by atoms with Crippen molar-refractivity contribution < 1.29 is 10.0 Å². The molecule has 1 aromatic rings. The maximum atomic E-state index is 8.64. The van der Waals surface area contributed by atoms with Crippen LogP contribution >= 0.6 is 0 Å². The van der Waals surface area contributed by atoms with Crippen molar-refractivity contribution in [1.82, 2.24) is 0 Å². The molecule has 0 atom stereocenters. The maximum Gasteiger partial charge on any atom is 0.456 e. The third-order valence-corrected chi connectivity index (χ3v) is 1.47. The zero-order valence-corrected chi connectivity index (χ0v) is 6.44. The minimum absolute atomic E-state index is 0.162. The van der Waals surface area contributed by atoms with Gasteiger partial charge in [-0.05, 0) is 17.7 Å². The van der Waals surface area contributed by atoms with E-state index in [0.717, 1.165) is 5.56 Å². The Bertz CT molecular complexity index is 306. The van der Waals surface area contributed by atoms with Crippen molar-refractivity contribution >= 4 is 7.12 Å². The first-order valence-electron chi connectivity index (χ1n) is 3.57. The lowest BCUT2D eigenvalue weighted by Gasteiger charge is -1.98. The van der Waals surface area contributed by atoms with Crippen LogP contribution in [-0.4, -0.2) is 17.2 Å². The number of hydrogen-bond acceptors (Lipinski definition) is 3. The Kier molecular flexibility index (Phi) is 2.86. The van der Waals surface area contributed by atoms with Crippen LogP contribution < -0.4 is 0 Å². The van der Waals surface area contributed by atoms with Crippen LogP contribution in [0.4, 0.5) is 0 Å². The number of rotatable bonds is 2. The van der Waals surface area contributed by atoms with Crippen LogP contribution in [0.15, 0.2) is 24.3 Å². The van der Waals surface area contributed by atoms with Gasteiger partial charge in [0.1, 0.15) is 0 Å². The highest BCUT2D eigenvalue weighted by molar-refractivity contribution is 6.40. The largest absolute Gasteiger partial charge is 0.456 e. The lowest BCUT2D eigenvalue weighted by atomic mass is 9.82. The molecule has 0 heterocycles. The van der Waals surface area contributed by atoms with Gasteiger partial charge >= 0.3 is 7.12 Å². The first-order chi connectivity index (χ1) is 5.72. The predicted octanol–water partition coefficient (Wildman–Crippen LogP) is 0.113. The van der Waals surface area contributed by atoms with E-state index in [1.165, 1.54) is 0 Å². The van der Waals surface area contributed by atoms with E-state index < -0.39 is 7.12 Å². The standard InChI is InChI=1S/C8H8BNO2/c10-6-8-3-1-2-7(4-8)5-9(11)12/h1-4,11-12H,5H2. The summed E-state index contributed by atoms with van der Waals surface area (Å²) in [6, 6.07) is 8.76. The van der Waals surface area contributed by atoms with Crippen molar-refractivity contribution in [3.8, 4) is 6.07 Å². The molecular formula is C8H8BNO2. The summed E-state index contributed by atoms with van der Waals surface area (Å²) in [5.74, 6) is 0. The quantitative estimate of drug-likeness (QED) is 0.605. The van der Waals surface area contributed by atoms with Gasteiger partial charge < -0.3 is 10.0 Å². The average Bonchev–Trinajstić information content (AvgIpc) is 2.03. The molecule has 1 aromatic carbocycles.